The number of aryl methyl sites for hydroxylation is 1. The number of hydrogen-bond donors (Lipinski definition) is 1. The summed E-state index contributed by atoms with van der Waals surface area (Å²) < 4.78 is 40.6. The SMILES string of the molecule is Cc1cc(C(/C=C/c2cnc(CN)c(Cl)c2)C(F)(F)F)cc(Cl)c1C. The predicted molar refractivity (Wildman–Crippen MR) is 95.9 cm³/mol. The number of allylic oxidation sites excluding steroid dienone is 1. The molecule has 0 aliphatic carbocycles. The fourth-order valence-electron chi connectivity index (χ4n) is 2.36. The molecule has 1 atom stereocenters. The van der Waals surface area contributed by atoms with E-state index in [1.807, 2.05) is 0 Å². The van der Waals surface area contributed by atoms with E-state index in [-0.39, 0.29) is 12.1 Å². The summed E-state index contributed by atoms with van der Waals surface area (Å²) in [5.41, 5.74) is 8.00. The summed E-state index contributed by atoms with van der Waals surface area (Å²) >= 11 is 12.0. The van der Waals surface area contributed by atoms with Gasteiger partial charge in [-0.1, -0.05) is 41.4 Å². The Kier molecular flexibility index (Phi) is 6.14. The molecule has 1 heterocycles. The molecule has 2 N–H and O–H groups in total. The van der Waals surface area contributed by atoms with Crippen molar-refractivity contribution >= 4 is 29.3 Å². The second-order valence-electron chi connectivity index (χ2n) is 5.72. The Morgan fingerprint density at radius 3 is 2.36 bits per heavy atom. The van der Waals surface area contributed by atoms with Gasteiger partial charge in [0.25, 0.3) is 0 Å². The molecule has 0 aliphatic rings. The van der Waals surface area contributed by atoms with Crippen molar-refractivity contribution in [3.63, 3.8) is 0 Å². The van der Waals surface area contributed by atoms with Gasteiger partial charge in [0, 0.05) is 17.8 Å². The van der Waals surface area contributed by atoms with E-state index in [1.54, 1.807) is 13.8 Å². The van der Waals surface area contributed by atoms with Gasteiger partial charge >= 0.3 is 6.18 Å². The van der Waals surface area contributed by atoms with Crippen molar-refractivity contribution in [2.75, 3.05) is 0 Å². The van der Waals surface area contributed by atoms with Crippen molar-refractivity contribution in [1.29, 1.82) is 0 Å². The van der Waals surface area contributed by atoms with Crippen LogP contribution < -0.4 is 5.73 Å². The maximum Gasteiger partial charge on any atom is 0.399 e. The molecule has 2 rings (SSSR count). The molecule has 25 heavy (non-hydrogen) atoms. The topological polar surface area (TPSA) is 38.9 Å². The molecule has 0 spiro atoms. The fraction of sp³-hybridized carbons (Fsp3) is 0.278. The van der Waals surface area contributed by atoms with Crippen molar-refractivity contribution in [3.05, 3.63) is 68.5 Å². The number of rotatable bonds is 4. The summed E-state index contributed by atoms with van der Waals surface area (Å²) in [5, 5.41) is 0.636. The minimum absolute atomic E-state index is 0.0921. The standard InChI is InChI=1S/C18H17Cl2F3N2/c1-10-5-13(7-15(19)11(10)2)14(18(21,22)23)4-3-12-6-16(20)17(8-24)25-9-12/h3-7,9,14H,8,24H2,1-2H3/b4-3+. The van der Waals surface area contributed by atoms with Crippen LogP contribution >= 0.6 is 23.2 Å². The Morgan fingerprint density at radius 1 is 1.16 bits per heavy atom. The second kappa shape index (κ2) is 7.77. The molecule has 2 nitrogen and oxygen atoms in total. The van der Waals surface area contributed by atoms with Crippen LogP contribution in [-0.4, -0.2) is 11.2 Å². The number of nitrogens with zero attached hydrogens (tertiary/aromatic N) is 1. The lowest BCUT2D eigenvalue weighted by atomic mass is 9.94. The Balaban J connectivity index is 2.41. The first-order valence-corrected chi connectivity index (χ1v) is 8.25. The van der Waals surface area contributed by atoms with Gasteiger partial charge in [-0.15, -0.1) is 0 Å². The van der Waals surface area contributed by atoms with Gasteiger partial charge in [-0.2, -0.15) is 13.2 Å². The van der Waals surface area contributed by atoms with E-state index in [0.29, 0.717) is 26.9 Å². The molecule has 134 valence electrons. The summed E-state index contributed by atoms with van der Waals surface area (Å²) in [6.45, 7) is 3.67. The number of alkyl halides is 3. The maximum atomic E-state index is 13.5. The summed E-state index contributed by atoms with van der Waals surface area (Å²) in [5.74, 6) is -1.78. The molecule has 0 aliphatic heterocycles. The average molecular weight is 389 g/mol. The van der Waals surface area contributed by atoms with E-state index in [1.165, 1.54) is 30.5 Å². The summed E-state index contributed by atoms with van der Waals surface area (Å²) in [6, 6.07) is 4.40. The molecule has 0 radical (unpaired) electrons. The van der Waals surface area contributed by atoms with Crippen LogP contribution in [0.5, 0.6) is 0 Å². The van der Waals surface area contributed by atoms with Gasteiger partial charge in [-0.3, -0.25) is 4.98 Å². The van der Waals surface area contributed by atoms with Crippen LogP contribution in [-0.2, 0) is 6.54 Å². The Morgan fingerprint density at radius 2 is 1.84 bits per heavy atom. The Hall–Kier alpha value is -1.56. The monoisotopic (exact) mass is 388 g/mol. The normalized spacial score (nSPS) is 13.4. The third-order valence-electron chi connectivity index (χ3n) is 3.95. The van der Waals surface area contributed by atoms with Crippen molar-refractivity contribution in [1.82, 2.24) is 4.98 Å². The third kappa shape index (κ3) is 4.75. The van der Waals surface area contributed by atoms with E-state index >= 15 is 0 Å². The molecule has 0 saturated carbocycles. The highest BCUT2D eigenvalue weighted by atomic mass is 35.5. The van der Waals surface area contributed by atoms with E-state index in [9.17, 15) is 13.2 Å². The van der Waals surface area contributed by atoms with Crippen molar-refractivity contribution < 1.29 is 13.2 Å². The maximum absolute atomic E-state index is 13.5. The Bertz CT molecular complexity index is 778. The van der Waals surface area contributed by atoms with Gasteiger partial charge in [-0.25, -0.2) is 0 Å². The molecular formula is C18H17Cl2F3N2. The van der Waals surface area contributed by atoms with E-state index < -0.39 is 12.1 Å². The minimum atomic E-state index is -4.45. The van der Waals surface area contributed by atoms with Gasteiger partial charge < -0.3 is 5.73 Å². The molecular weight excluding hydrogens is 372 g/mol. The van der Waals surface area contributed by atoms with E-state index in [2.05, 4.69) is 4.98 Å². The zero-order chi connectivity index (χ0) is 18.8. The van der Waals surface area contributed by atoms with E-state index in [0.717, 1.165) is 11.6 Å². The molecule has 1 unspecified atom stereocenters. The zero-order valence-corrected chi connectivity index (χ0v) is 15.2. The number of pyridine rings is 1. The molecule has 0 fully saturated rings. The highest BCUT2D eigenvalue weighted by Crippen LogP contribution is 2.38. The Labute approximate surface area is 154 Å². The lowest BCUT2D eigenvalue weighted by Crippen LogP contribution is -2.19. The summed E-state index contributed by atoms with van der Waals surface area (Å²) in [6.07, 6.45) is -0.586. The molecule has 7 heteroatoms. The van der Waals surface area contributed by atoms with Crippen molar-refractivity contribution in [2.45, 2.75) is 32.5 Å². The largest absolute Gasteiger partial charge is 0.399 e. The highest BCUT2D eigenvalue weighted by Gasteiger charge is 2.39. The highest BCUT2D eigenvalue weighted by molar-refractivity contribution is 6.31. The van der Waals surface area contributed by atoms with Gasteiger partial charge in [0.2, 0.25) is 0 Å². The molecule has 0 saturated heterocycles. The lowest BCUT2D eigenvalue weighted by Gasteiger charge is -2.19. The number of halogens is 5. The molecule has 1 aromatic heterocycles. The molecule has 0 amide bonds. The van der Waals surface area contributed by atoms with Crippen molar-refractivity contribution in [3.8, 4) is 0 Å². The fourth-order valence-corrected chi connectivity index (χ4v) is 2.89. The van der Waals surface area contributed by atoms with E-state index in [4.69, 9.17) is 28.9 Å². The summed E-state index contributed by atoms with van der Waals surface area (Å²) in [7, 11) is 0. The number of benzene rings is 1. The quantitative estimate of drug-likeness (QED) is 0.715. The van der Waals surface area contributed by atoms with Crippen LogP contribution in [0, 0.1) is 13.8 Å². The minimum Gasteiger partial charge on any atom is -0.325 e. The molecule has 1 aromatic carbocycles. The first-order valence-electron chi connectivity index (χ1n) is 7.49. The average Bonchev–Trinajstić information content (AvgIpc) is 2.51. The molecule has 0 bridgehead atoms. The van der Waals surface area contributed by atoms with Gasteiger partial charge in [0.1, 0.15) is 0 Å². The first-order chi connectivity index (χ1) is 11.6. The van der Waals surface area contributed by atoms with Crippen LogP contribution in [0.2, 0.25) is 10.0 Å². The molecule has 2 aromatic rings. The van der Waals surface area contributed by atoms with Crippen LogP contribution in [0.4, 0.5) is 13.2 Å². The van der Waals surface area contributed by atoms with Crippen LogP contribution in [0.15, 0.2) is 30.5 Å². The second-order valence-corrected chi connectivity index (χ2v) is 6.54. The number of aromatic nitrogens is 1. The van der Waals surface area contributed by atoms with Crippen molar-refractivity contribution in [2.24, 2.45) is 5.73 Å². The summed E-state index contributed by atoms with van der Waals surface area (Å²) in [4.78, 5) is 4.04. The van der Waals surface area contributed by atoms with Gasteiger partial charge in [0.15, 0.2) is 0 Å². The lowest BCUT2D eigenvalue weighted by molar-refractivity contribution is -0.139. The van der Waals surface area contributed by atoms with Crippen LogP contribution in [0.1, 0.15) is 33.9 Å². The third-order valence-corrected chi connectivity index (χ3v) is 4.67. The van der Waals surface area contributed by atoms with Gasteiger partial charge in [0.05, 0.1) is 16.6 Å². The predicted octanol–water partition coefficient (Wildman–Crippen LogP) is 5.82. The zero-order valence-electron chi connectivity index (χ0n) is 13.7. The first kappa shape index (κ1) is 19.8. The van der Waals surface area contributed by atoms with Crippen LogP contribution in [0.3, 0.4) is 0 Å². The van der Waals surface area contributed by atoms with Crippen LogP contribution in [0.25, 0.3) is 6.08 Å². The smallest absolute Gasteiger partial charge is 0.325 e. The number of hydrogen-bond acceptors (Lipinski definition) is 2. The number of nitrogens with two attached hydrogens (primary N) is 1. The van der Waals surface area contributed by atoms with Gasteiger partial charge in [-0.05, 0) is 48.2 Å².